The Bertz CT molecular complexity index is 377. The number of nitrogens with two attached hydrogens (primary N) is 1. The summed E-state index contributed by atoms with van der Waals surface area (Å²) in [6, 6.07) is 7.01. The van der Waals surface area contributed by atoms with Gasteiger partial charge in [0.25, 0.3) is 0 Å². The number of halogens is 1. The third kappa shape index (κ3) is 4.18. The lowest BCUT2D eigenvalue weighted by atomic mass is 10.2. The van der Waals surface area contributed by atoms with Crippen LogP contribution in [0.5, 0.6) is 0 Å². The first-order valence-corrected chi connectivity index (χ1v) is 7.23. The molecular formula is C15H24FN3. The SMILES string of the molecule is NCCCN(CCN1CCCC1)c1ccccc1F. The van der Waals surface area contributed by atoms with E-state index in [1.54, 1.807) is 6.07 Å². The van der Waals surface area contributed by atoms with E-state index in [2.05, 4.69) is 9.80 Å². The quantitative estimate of drug-likeness (QED) is 0.819. The molecule has 0 bridgehead atoms. The average Bonchev–Trinajstić information content (AvgIpc) is 2.93. The van der Waals surface area contributed by atoms with Crippen LogP contribution in [0, 0.1) is 5.82 Å². The van der Waals surface area contributed by atoms with Crippen molar-refractivity contribution in [2.24, 2.45) is 5.73 Å². The van der Waals surface area contributed by atoms with Crippen molar-refractivity contribution in [3.63, 3.8) is 0 Å². The summed E-state index contributed by atoms with van der Waals surface area (Å²) >= 11 is 0. The number of nitrogens with zero attached hydrogens (tertiary/aromatic N) is 2. The summed E-state index contributed by atoms with van der Waals surface area (Å²) in [6.07, 6.45) is 3.49. The molecule has 2 rings (SSSR count). The molecule has 0 aromatic heterocycles. The molecule has 0 amide bonds. The summed E-state index contributed by atoms with van der Waals surface area (Å²) in [5.74, 6) is -0.138. The van der Waals surface area contributed by atoms with Crippen LogP contribution >= 0.6 is 0 Å². The fraction of sp³-hybridized carbons (Fsp3) is 0.600. The molecule has 1 aliphatic heterocycles. The molecule has 0 unspecified atom stereocenters. The second-order valence-corrected chi connectivity index (χ2v) is 5.13. The van der Waals surface area contributed by atoms with E-state index in [-0.39, 0.29) is 5.82 Å². The Morgan fingerprint density at radius 2 is 1.89 bits per heavy atom. The standard InChI is InChI=1S/C15H24FN3/c16-14-6-1-2-7-15(14)19(11-5-8-17)13-12-18-9-3-4-10-18/h1-2,6-7H,3-5,8-13,17H2. The van der Waals surface area contributed by atoms with Gasteiger partial charge in [0.05, 0.1) is 5.69 Å². The highest BCUT2D eigenvalue weighted by molar-refractivity contribution is 5.47. The molecule has 19 heavy (non-hydrogen) atoms. The Kier molecular flexibility index (Phi) is 5.61. The van der Waals surface area contributed by atoms with Crippen LogP contribution in [0.4, 0.5) is 10.1 Å². The van der Waals surface area contributed by atoms with Crippen molar-refractivity contribution in [2.75, 3.05) is 44.2 Å². The Hall–Kier alpha value is -1.13. The minimum absolute atomic E-state index is 0.138. The van der Waals surface area contributed by atoms with Gasteiger partial charge < -0.3 is 15.5 Å². The molecular weight excluding hydrogens is 241 g/mol. The van der Waals surface area contributed by atoms with Gasteiger partial charge in [0.2, 0.25) is 0 Å². The number of hydrogen-bond acceptors (Lipinski definition) is 3. The van der Waals surface area contributed by atoms with Crippen LogP contribution in [0.1, 0.15) is 19.3 Å². The third-order valence-corrected chi connectivity index (χ3v) is 3.71. The summed E-state index contributed by atoms with van der Waals surface area (Å²) in [4.78, 5) is 4.58. The Labute approximate surface area is 115 Å². The number of likely N-dealkylation sites (tertiary alicyclic amines) is 1. The highest BCUT2D eigenvalue weighted by Crippen LogP contribution is 2.19. The summed E-state index contributed by atoms with van der Waals surface area (Å²) in [7, 11) is 0. The van der Waals surface area contributed by atoms with Crippen molar-refractivity contribution < 1.29 is 4.39 Å². The molecule has 1 fully saturated rings. The third-order valence-electron chi connectivity index (χ3n) is 3.71. The Morgan fingerprint density at radius 3 is 2.58 bits per heavy atom. The first-order chi connectivity index (χ1) is 9.31. The molecule has 0 saturated carbocycles. The lowest BCUT2D eigenvalue weighted by Gasteiger charge is -2.27. The van der Waals surface area contributed by atoms with E-state index in [4.69, 9.17) is 5.73 Å². The van der Waals surface area contributed by atoms with Crippen LogP contribution in [-0.2, 0) is 0 Å². The topological polar surface area (TPSA) is 32.5 Å². The maximum absolute atomic E-state index is 13.9. The van der Waals surface area contributed by atoms with E-state index in [9.17, 15) is 4.39 Å². The first-order valence-electron chi connectivity index (χ1n) is 7.23. The molecule has 1 aliphatic rings. The fourth-order valence-corrected chi connectivity index (χ4v) is 2.61. The number of hydrogen-bond donors (Lipinski definition) is 1. The molecule has 3 nitrogen and oxygen atoms in total. The van der Waals surface area contributed by atoms with E-state index >= 15 is 0 Å². The zero-order valence-electron chi connectivity index (χ0n) is 11.5. The van der Waals surface area contributed by atoms with Crippen molar-refractivity contribution >= 4 is 5.69 Å². The van der Waals surface area contributed by atoms with Gasteiger partial charge in [-0.15, -0.1) is 0 Å². The van der Waals surface area contributed by atoms with Gasteiger partial charge in [-0.25, -0.2) is 4.39 Å². The van der Waals surface area contributed by atoms with E-state index in [1.165, 1.54) is 32.0 Å². The van der Waals surface area contributed by atoms with Gasteiger partial charge in [-0.1, -0.05) is 12.1 Å². The van der Waals surface area contributed by atoms with Gasteiger partial charge >= 0.3 is 0 Å². The van der Waals surface area contributed by atoms with Crippen molar-refractivity contribution in [3.8, 4) is 0 Å². The van der Waals surface area contributed by atoms with E-state index in [0.29, 0.717) is 12.2 Å². The van der Waals surface area contributed by atoms with Gasteiger partial charge in [0.1, 0.15) is 5.82 Å². The predicted molar refractivity (Wildman–Crippen MR) is 78.0 cm³/mol. The van der Waals surface area contributed by atoms with Gasteiger partial charge in [-0.3, -0.25) is 0 Å². The van der Waals surface area contributed by atoms with E-state index in [0.717, 1.165) is 26.1 Å². The van der Waals surface area contributed by atoms with Gasteiger partial charge in [0, 0.05) is 19.6 Å². The molecule has 1 heterocycles. The monoisotopic (exact) mass is 265 g/mol. The number of benzene rings is 1. The summed E-state index contributed by atoms with van der Waals surface area (Å²) in [5, 5.41) is 0. The van der Waals surface area contributed by atoms with Crippen LogP contribution in [0.3, 0.4) is 0 Å². The molecule has 1 saturated heterocycles. The van der Waals surface area contributed by atoms with Crippen LogP contribution in [0.15, 0.2) is 24.3 Å². The molecule has 1 aromatic rings. The number of para-hydroxylation sites is 1. The molecule has 0 aliphatic carbocycles. The molecule has 4 heteroatoms. The van der Waals surface area contributed by atoms with Gasteiger partial charge in [-0.2, -0.15) is 0 Å². The minimum Gasteiger partial charge on any atom is -0.368 e. The highest BCUT2D eigenvalue weighted by atomic mass is 19.1. The maximum Gasteiger partial charge on any atom is 0.146 e. The van der Waals surface area contributed by atoms with E-state index < -0.39 is 0 Å². The molecule has 0 radical (unpaired) electrons. The highest BCUT2D eigenvalue weighted by Gasteiger charge is 2.15. The number of rotatable bonds is 7. The molecule has 2 N–H and O–H groups in total. The van der Waals surface area contributed by atoms with Crippen molar-refractivity contribution in [1.29, 1.82) is 0 Å². The van der Waals surface area contributed by atoms with Crippen LogP contribution in [0.2, 0.25) is 0 Å². The lowest BCUT2D eigenvalue weighted by Crippen LogP contribution is -2.35. The fourth-order valence-electron chi connectivity index (χ4n) is 2.61. The molecule has 0 spiro atoms. The molecule has 106 valence electrons. The smallest absolute Gasteiger partial charge is 0.146 e. The Morgan fingerprint density at radius 1 is 1.16 bits per heavy atom. The minimum atomic E-state index is -0.138. The molecule has 0 atom stereocenters. The summed E-state index contributed by atoms with van der Waals surface area (Å²) < 4.78 is 13.9. The average molecular weight is 265 g/mol. The predicted octanol–water partition coefficient (Wildman–Crippen LogP) is 2.08. The van der Waals surface area contributed by atoms with Crippen LogP contribution < -0.4 is 10.6 Å². The summed E-state index contributed by atoms with van der Waals surface area (Å²) in [6.45, 7) is 5.73. The summed E-state index contributed by atoms with van der Waals surface area (Å²) in [5.41, 5.74) is 6.28. The van der Waals surface area contributed by atoms with Crippen LogP contribution in [0.25, 0.3) is 0 Å². The van der Waals surface area contributed by atoms with Gasteiger partial charge in [0.15, 0.2) is 0 Å². The zero-order valence-corrected chi connectivity index (χ0v) is 11.5. The van der Waals surface area contributed by atoms with Crippen LogP contribution in [-0.4, -0.2) is 44.2 Å². The maximum atomic E-state index is 13.9. The van der Waals surface area contributed by atoms with Gasteiger partial charge in [-0.05, 0) is 51.0 Å². The van der Waals surface area contributed by atoms with Crippen molar-refractivity contribution in [1.82, 2.24) is 4.90 Å². The normalized spacial score (nSPS) is 15.9. The van der Waals surface area contributed by atoms with E-state index in [1.807, 2.05) is 12.1 Å². The molecule has 1 aromatic carbocycles. The Balaban J connectivity index is 1.96. The van der Waals surface area contributed by atoms with Crippen molar-refractivity contribution in [3.05, 3.63) is 30.1 Å². The second kappa shape index (κ2) is 7.46. The zero-order chi connectivity index (χ0) is 13.5. The number of anilines is 1. The lowest BCUT2D eigenvalue weighted by molar-refractivity contribution is 0.344. The largest absolute Gasteiger partial charge is 0.368 e. The second-order valence-electron chi connectivity index (χ2n) is 5.13. The van der Waals surface area contributed by atoms with Crippen molar-refractivity contribution in [2.45, 2.75) is 19.3 Å². The first kappa shape index (κ1) is 14.3.